The maximum absolute atomic E-state index is 12.5. The van der Waals surface area contributed by atoms with Crippen molar-refractivity contribution in [3.05, 3.63) is 83.2 Å². The Bertz CT molecular complexity index is 1010. The molecule has 3 rings (SSSR count). The zero-order valence-electron chi connectivity index (χ0n) is 16.1. The van der Waals surface area contributed by atoms with Crippen molar-refractivity contribution < 1.29 is 18.3 Å². The zero-order chi connectivity index (χ0) is 20.8. The first-order chi connectivity index (χ1) is 14.0. The number of nitrogens with zero attached hydrogens (tertiary/aromatic N) is 2. The van der Waals surface area contributed by atoms with Crippen LogP contribution in [0.2, 0.25) is 0 Å². The zero-order valence-corrected chi connectivity index (χ0v) is 16.1. The van der Waals surface area contributed by atoms with Gasteiger partial charge in [-0.3, -0.25) is 4.79 Å². The molecule has 0 atom stereocenters. The van der Waals surface area contributed by atoms with Crippen molar-refractivity contribution in [3.63, 3.8) is 0 Å². The first-order valence-electron chi connectivity index (χ1n) is 9.06. The predicted molar refractivity (Wildman–Crippen MR) is 107 cm³/mol. The van der Waals surface area contributed by atoms with E-state index in [1.165, 1.54) is 12.1 Å². The normalized spacial score (nSPS) is 11.2. The smallest absolute Gasteiger partial charge is 0.387 e. The third-order valence-corrected chi connectivity index (χ3v) is 4.39. The minimum atomic E-state index is -2.92. The molecule has 0 spiro atoms. The van der Waals surface area contributed by atoms with Gasteiger partial charge in [0.2, 0.25) is 5.91 Å². The van der Waals surface area contributed by atoms with Gasteiger partial charge in [0.15, 0.2) is 0 Å². The van der Waals surface area contributed by atoms with E-state index < -0.39 is 6.61 Å². The van der Waals surface area contributed by atoms with E-state index in [-0.39, 0.29) is 18.2 Å². The van der Waals surface area contributed by atoms with Gasteiger partial charge in [0.1, 0.15) is 5.75 Å². The molecule has 1 heterocycles. The van der Waals surface area contributed by atoms with E-state index in [0.717, 1.165) is 22.6 Å². The number of benzene rings is 2. The van der Waals surface area contributed by atoms with Crippen molar-refractivity contribution in [1.82, 2.24) is 15.1 Å². The molecule has 0 fully saturated rings. The molecule has 150 valence electrons. The standard InChI is InChI=1S/C22H21F2N3O2/c1-15-19(16(2)27(26-15)18-9-4-3-5-10-18)12-13-21(28)25-14-17-8-6-7-11-20(17)29-22(23)24/h3-13,22H,14H2,1-2H3,(H,25,28)/b13-12+. The minimum absolute atomic E-state index is 0.0441. The number of amides is 1. The Balaban J connectivity index is 1.69. The fourth-order valence-electron chi connectivity index (χ4n) is 2.98. The largest absolute Gasteiger partial charge is 0.434 e. The molecule has 3 aromatic rings. The highest BCUT2D eigenvalue weighted by Gasteiger charge is 2.12. The molecule has 0 aliphatic rings. The van der Waals surface area contributed by atoms with Crippen LogP contribution in [-0.4, -0.2) is 22.3 Å². The number of nitrogens with one attached hydrogen (secondary N) is 1. The molecule has 0 saturated carbocycles. The number of rotatable bonds is 7. The van der Waals surface area contributed by atoms with Crippen LogP contribution in [0.1, 0.15) is 22.5 Å². The molecule has 1 N–H and O–H groups in total. The van der Waals surface area contributed by atoms with Crippen molar-refractivity contribution in [3.8, 4) is 11.4 Å². The highest BCUT2D eigenvalue weighted by molar-refractivity contribution is 5.92. The summed E-state index contributed by atoms with van der Waals surface area (Å²) in [5.41, 5.74) is 3.97. The van der Waals surface area contributed by atoms with Crippen LogP contribution in [0.3, 0.4) is 0 Å². The van der Waals surface area contributed by atoms with Crippen molar-refractivity contribution in [2.45, 2.75) is 27.0 Å². The van der Waals surface area contributed by atoms with Gasteiger partial charge in [0, 0.05) is 29.4 Å². The maximum Gasteiger partial charge on any atom is 0.387 e. The number of para-hydroxylation sites is 2. The predicted octanol–water partition coefficient (Wildman–Crippen LogP) is 4.42. The van der Waals surface area contributed by atoms with Crippen LogP contribution >= 0.6 is 0 Å². The van der Waals surface area contributed by atoms with Crippen LogP contribution < -0.4 is 10.1 Å². The van der Waals surface area contributed by atoms with E-state index in [4.69, 9.17) is 0 Å². The van der Waals surface area contributed by atoms with E-state index in [2.05, 4.69) is 15.2 Å². The van der Waals surface area contributed by atoms with Crippen molar-refractivity contribution in [2.24, 2.45) is 0 Å². The first-order valence-corrected chi connectivity index (χ1v) is 9.06. The van der Waals surface area contributed by atoms with Crippen LogP contribution in [0.15, 0.2) is 60.7 Å². The molecule has 7 heteroatoms. The van der Waals surface area contributed by atoms with Crippen LogP contribution in [0.25, 0.3) is 11.8 Å². The summed E-state index contributed by atoms with van der Waals surface area (Å²) in [6, 6.07) is 16.1. The lowest BCUT2D eigenvalue weighted by Gasteiger charge is -2.10. The van der Waals surface area contributed by atoms with Gasteiger partial charge in [-0.2, -0.15) is 13.9 Å². The SMILES string of the molecule is Cc1nn(-c2ccccc2)c(C)c1/C=C/C(=O)NCc1ccccc1OC(F)F. The molecule has 1 aromatic heterocycles. The molecular formula is C22H21F2N3O2. The van der Waals surface area contributed by atoms with Gasteiger partial charge < -0.3 is 10.1 Å². The molecule has 0 radical (unpaired) electrons. The molecule has 29 heavy (non-hydrogen) atoms. The van der Waals surface area contributed by atoms with E-state index in [9.17, 15) is 13.6 Å². The third-order valence-electron chi connectivity index (χ3n) is 4.39. The molecule has 0 aliphatic heterocycles. The number of carbonyl (C=O) groups is 1. The Morgan fingerprint density at radius 1 is 1.14 bits per heavy atom. The molecule has 2 aromatic carbocycles. The second kappa shape index (κ2) is 9.14. The Kier molecular flexibility index (Phi) is 6.39. The second-order valence-electron chi connectivity index (χ2n) is 6.37. The Labute approximate surface area is 167 Å². The fourth-order valence-corrected chi connectivity index (χ4v) is 2.98. The van der Waals surface area contributed by atoms with Crippen LogP contribution in [0.5, 0.6) is 5.75 Å². The number of aryl methyl sites for hydroxylation is 1. The number of halogens is 2. The Morgan fingerprint density at radius 3 is 2.55 bits per heavy atom. The number of hydrogen-bond acceptors (Lipinski definition) is 3. The maximum atomic E-state index is 12.5. The Hall–Kier alpha value is -3.48. The van der Waals surface area contributed by atoms with Gasteiger partial charge >= 0.3 is 6.61 Å². The van der Waals surface area contributed by atoms with Gasteiger partial charge in [-0.05, 0) is 38.1 Å². The van der Waals surface area contributed by atoms with Gasteiger partial charge in [0.05, 0.1) is 11.4 Å². The van der Waals surface area contributed by atoms with Gasteiger partial charge in [-0.1, -0.05) is 36.4 Å². The Morgan fingerprint density at radius 2 is 1.83 bits per heavy atom. The molecule has 0 unspecified atom stereocenters. The highest BCUT2D eigenvalue weighted by Crippen LogP contribution is 2.21. The number of carbonyl (C=O) groups excluding carboxylic acids is 1. The summed E-state index contributed by atoms with van der Waals surface area (Å²) in [6.45, 7) is 0.969. The monoisotopic (exact) mass is 397 g/mol. The average molecular weight is 397 g/mol. The van der Waals surface area contributed by atoms with Crippen molar-refractivity contribution in [2.75, 3.05) is 0 Å². The molecule has 5 nitrogen and oxygen atoms in total. The minimum Gasteiger partial charge on any atom is -0.434 e. The number of ether oxygens (including phenoxy) is 1. The van der Waals surface area contributed by atoms with Gasteiger partial charge in [-0.15, -0.1) is 0 Å². The van der Waals surface area contributed by atoms with Crippen molar-refractivity contribution in [1.29, 1.82) is 0 Å². The van der Waals surface area contributed by atoms with E-state index in [1.54, 1.807) is 24.3 Å². The summed E-state index contributed by atoms with van der Waals surface area (Å²) in [5, 5.41) is 7.22. The second-order valence-corrected chi connectivity index (χ2v) is 6.37. The van der Waals surface area contributed by atoms with E-state index in [0.29, 0.717) is 5.56 Å². The third kappa shape index (κ3) is 5.07. The van der Waals surface area contributed by atoms with Crippen molar-refractivity contribution >= 4 is 12.0 Å². The molecule has 1 amide bonds. The summed E-state index contributed by atoms with van der Waals surface area (Å²) < 4.78 is 31.3. The summed E-state index contributed by atoms with van der Waals surface area (Å²) in [4.78, 5) is 12.2. The van der Waals surface area contributed by atoms with Crippen LogP contribution in [0.4, 0.5) is 8.78 Å². The molecule has 0 saturated heterocycles. The first kappa shape index (κ1) is 20.3. The van der Waals surface area contributed by atoms with E-state index in [1.807, 2.05) is 48.9 Å². The number of hydrogen-bond donors (Lipinski definition) is 1. The van der Waals surface area contributed by atoms with E-state index >= 15 is 0 Å². The number of aromatic nitrogens is 2. The molecule has 0 bridgehead atoms. The van der Waals surface area contributed by atoms with Gasteiger partial charge in [0.25, 0.3) is 0 Å². The van der Waals surface area contributed by atoms with Crippen LogP contribution in [-0.2, 0) is 11.3 Å². The summed E-state index contributed by atoms with van der Waals surface area (Å²) in [7, 11) is 0. The topological polar surface area (TPSA) is 56.2 Å². The quantitative estimate of drug-likeness (QED) is 0.601. The van der Waals surface area contributed by atoms with Crippen LogP contribution in [0, 0.1) is 13.8 Å². The fraction of sp³-hybridized carbons (Fsp3) is 0.182. The summed E-state index contributed by atoms with van der Waals surface area (Å²) in [5.74, 6) is -0.300. The molecular weight excluding hydrogens is 376 g/mol. The lowest BCUT2D eigenvalue weighted by molar-refractivity contribution is -0.116. The number of alkyl halides is 2. The van der Waals surface area contributed by atoms with Gasteiger partial charge in [-0.25, -0.2) is 4.68 Å². The lowest BCUT2D eigenvalue weighted by Crippen LogP contribution is -2.21. The summed E-state index contributed by atoms with van der Waals surface area (Å²) in [6.07, 6.45) is 3.11. The lowest BCUT2D eigenvalue weighted by atomic mass is 10.1. The average Bonchev–Trinajstić information content (AvgIpc) is 2.99. The highest BCUT2D eigenvalue weighted by atomic mass is 19.3. The molecule has 0 aliphatic carbocycles. The summed E-state index contributed by atoms with van der Waals surface area (Å²) >= 11 is 0.